The summed E-state index contributed by atoms with van der Waals surface area (Å²) in [6.07, 6.45) is 1.76. The van der Waals surface area contributed by atoms with Crippen LogP contribution in [0.4, 0.5) is 0 Å². The molecule has 0 spiro atoms. The lowest BCUT2D eigenvalue weighted by Crippen LogP contribution is -1.87. The predicted molar refractivity (Wildman–Crippen MR) is 107 cm³/mol. The van der Waals surface area contributed by atoms with Gasteiger partial charge in [0, 0.05) is 22.3 Å². The normalized spacial score (nSPS) is 10.9. The summed E-state index contributed by atoms with van der Waals surface area (Å²) in [5, 5.41) is 1.35. The molecular weight excluding hydrogens is 365 g/mol. The average molecular weight is 380 g/mol. The minimum Gasteiger partial charge on any atom is -0.337 e. The van der Waals surface area contributed by atoms with E-state index in [1.54, 1.807) is 6.20 Å². The van der Waals surface area contributed by atoms with Crippen LogP contribution in [0.3, 0.4) is 0 Å². The van der Waals surface area contributed by atoms with Crippen LogP contribution in [0, 0.1) is 6.92 Å². The third kappa shape index (κ3) is 3.12. The predicted octanol–water partition coefficient (Wildman–Crippen LogP) is 6.42. The van der Waals surface area contributed by atoms with Crippen LogP contribution < -0.4 is 0 Å². The highest BCUT2D eigenvalue weighted by Crippen LogP contribution is 2.36. The number of pyridine rings is 1. The highest BCUT2D eigenvalue weighted by atomic mass is 35.5. The topological polar surface area (TPSA) is 41.6 Å². The highest BCUT2D eigenvalue weighted by molar-refractivity contribution is 6.33. The van der Waals surface area contributed by atoms with E-state index >= 15 is 0 Å². The van der Waals surface area contributed by atoms with Gasteiger partial charge >= 0.3 is 0 Å². The van der Waals surface area contributed by atoms with E-state index in [-0.39, 0.29) is 0 Å². The highest BCUT2D eigenvalue weighted by Gasteiger charge is 2.18. The van der Waals surface area contributed by atoms with Crippen molar-refractivity contribution in [1.82, 2.24) is 15.0 Å². The van der Waals surface area contributed by atoms with E-state index < -0.39 is 0 Å². The Labute approximate surface area is 161 Å². The van der Waals surface area contributed by atoms with Crippen molar-refractivity contribution in [2.75, 3.05) is 0 Å². The zero-order valence-corrected chi connectivity index (χ0v) is 15.5. The smallest absolute Gasteiger partial charge is 0.140 e. The summed E-state index contributed by atoms with van der Waals surface area (Å²) in [5.41, 5.74) is 5.40. The first kappa shape index (κ1) is 16.8. The molecule has 26 heavy (non-hydrogen) atoms. The maximum atomic E-state index is 6.45. The number of aryl methyl sites for hydroxylation is 1. The summed E-state index contributed by atoms with van der Waals surface area (Å²) in [4.78, 5) is 12.7. The van der Waals surface area contributed by atoms with Gasteiger partial charge in [0.05, 0.1) is 16.4 Å². The number of aromatic nitrogens is 3. The Hall–Kier alpha value is -2.62. The molecule has 3 nitrogen and oxygen atoms in total. The van der Waals surface area contributed by atoms with Crippen molar-refractivity contribution < 1.29 is 0 Å². The van der Waals surface area contributed by atoms with Gasteiger partial charge in [-0.15, -0.1) is 0 Å². The van der Waals surface area contributed by atoms with Crippen LogP contribution in [-0.2, 0) is 0 Å². The van der Waals surface area contributed by atoms with Crippen molar-refractivity contribution >= 4 is 23.2 Å². The van der Waals surface area contributed by atoms with Crippen LogP contribution in [0.15, 0.2) is 66.9 Å². The van der Waals surface area contributed by atoms with Gasteiger partial charge in [0.2, 0.25) is 0 Å². The number of benzene rings is 2. The Morgan fingerprint density at radius 1 is 0.885 bits per heavy atom. The molecule has 0 amide bonds. The minimum atomic E-state index is 0.661. The Kier molecular flexibility index (Phi) is 4.49. The zero-order chi connectivity index (χ0) is 18.1. The van der Waals surface area contributed by atoms with E-state index in [1.165, 1.54) is 0 Å². The number of rotatable bonds is 3. The number of hydrogen-bond acceptors (Lipinski definition) is 2. The molecule has 0 radical (unpaired) electrons. The van der Waals surface area contributed by atoms with Crippen molar-refractivity contribution in [3.05, 3.63) is 82.5 Å². The molecule has 128 valence electrons. The second-order valence-corrected chi connectivity index (χ2v) is 6.81. The molecule has 4 aromatic rings. The van der Waals surface area contributed by atoms with E-state index in [0.717, 1.165) is 39.6 Å². The van der Waals surface area contributed by atoms with Crippen molar-refractivity contribution in [1.29, 1.82) is 0 Å². The number of H-pyrrole nitrogens is 1. The summed E-state index contributed by atoms with van der Waals surface area (Å²) >= 11 is 12.5. The van der Waals surface area contributed by atoms with Crippen LogP contribution in [0.1, 0.15) is 5.56 Å². The molecule has 2 aromatic carbocycles. The van der Waals surface area contributed by atoms with E-state index in [1.807, 2.05) is 67.6 Å². The molecular formula is C21H15Cl2N3. The molecule has 2 heterocycles. The fraction of sp³-hybridized carbons (Fsp3) is 0.0476. The van der Waals surface area contributed by atoms with E-state index in [4.69, 9.17) is 28.2 Å². The first-order valence-electron chi connectivity index (χ1n) is 8.16. The summed E-state index contributed by atoms with van der Waals surface area (Å²) in [6.45, 7) is 2.02. The minimum absolute atomic E-state index is 0.661. The standard InChI is InChI=1S/C21H15Cl2N3/c1-13-5-4-6-16(23)18(13)21-25-19(14-8-10-15(22)11-9-14)20(26-21)17-7-2-3-12-24-17/h2-12H,1H3,(H,25,26). The molecule has 5 heteroatoms. The second-order valence-electron chi connectivity index (χ2n) is 5.96. The Morgan fingerprint density at radius 3 is 2.38 bits per heavy atom. The maximum absolute atomic E-state index is 6.45. The number of hydrogen-bond donors (Lipinski definition) is 1. The Bertz CT molecular complexity index is 1030. The van der Waals surface area contributed by atoms with Gasteiger partial charge in [0.25, 0.3) is 0 Å². The Morgan fingerprint density at radius 2 is 1.69 bits per heavy atom. The molecule has 0 fully saturated rings. The lowest BCUT2D eigenvalue weighted by Gasteiger charge is -2.04. The van der Waals surface area contributed by atoms with Crippen molar-refractivity contribution in [2.45, 2.75) is 6.92 Å². The summed E-state index contributed by atoms with van der Waals surface area (Å²) < 4.78 is 0. The maximum Gasteiger partial charge on any atom is 0.140 e. The molecule has 0 aliphatic carbocycles. The van der Waals surface area contributed by atoms with Gasteiger partial charge in [-0.25, -0.2) is 4.98 Å². The van der Waals surface area contributed by atoms with Gasteiger partial charge in [-0.2, -0.15) is 0 Å². The van der Waals surface area contributed by atoms with Gasteiger partial charge in [-0.3, -0.25) is 4.98 Å². The van der Waals surface area contributed by atoms with E-state index in [9.17, 15) is 0 Å². The lowest BCUT2D eigenvalue weighted by atomic mass is 10.1. The molecule has 4 rings (SSSR count). The number of imidazole rings is 1. The molecule has 0 bridgehead atoms. The van der Waals surface area contributed by atoms with Gasteiger partial charge in [0.1, 0.15) is 11.5 Å². The van der Waals surface area contributed by atoms with Crippen molar-refractivity contribution in [3.8, 4) is 34.0 Å². The summed E-state index contributed by atoms with van der Waals surface area (Å²) in [5.74, 6) is 0.721. The third-order valence-electron chi connectivity index (χ3n) is 4.20. The summed E-state index contributed by atoms with van der Waals surface area (Å²) in [6, 6.07) is 19.3. The molecule has 0 saturated carbocycles. The van der Waals surface area contributed by atoms with Crippen molar-refractivity contribution in [2.24, 2.45) is 0 Å². The quantitative estimate of drug-likeness (QED) is 0.446. The SMILES string of the molecule is Cc1cccc(Cl)c1-c1nc(-c2ccccn2)c(-c2ccc(Cl)cc2)[nH]1. The first-order chi connectivity index (χ1) is 12.6. The van der Waals surface area contributed by atoms with E-state index in [2.05, 4.69) is 9.97 Å². The summed E-state index contributed by atoms with van der Waals surface area (Å²) in [7, 11) is 0. The zero-order valence-electron chi connectivity index (χ0n) is 14.0. The van der Waals surface area contributed by atoms with Crippen LogP contribution in [0.25, 0.3) is 34.0 Å². The molecule has 0 aliphatic heterocycles. The average Bonchev–Trinajstić information content (AvgIpc) is 3.08. The monoisotopic (exact) mass is 379 g/mol. The van der Waals surface area contributed by atoms with Gasteiger partial charge < -0.3 is 4.98 Å². The molecule has 2 aromatic heterocycles. The van der Waals surface area contributed by atoms with Crippen LogP contribution in [0.2, 0.25) is 10.0 Å². The fourth-order valence-electron chi connectivity index (χ4n) is 2.94. The number of aromatic amines is 1. The number of nitrogens with one attached hydrogen (secondary N) is 1. The fourth-order valence-corrected chi connectivity index (χ4v) is 3.37. The largest absolute Gasteiger partial charge is 0.337 e. The second kappa shape index (κ2) is 6.94. The molecule has 0 aliphatic rings. The molecule has 0 unspecified atom stereocenters. The molecule has 0 saturated heterocycles. The van der Waals surface area contributed by atoms with Crippen LogP contribution >= 0.6 is 23.2 Å². The lowest BCUT2D eigenvalue weighted by molar-refractivity contribution is 1.26. The van der Waals surface area contributed by atoms with Crippen LogP contribution in [-0.4, -0.2) is 15.0 Å². The number of nitrogens with zero attached hydrogens (tertiary/aromatic N) is 2. The van der Waals surface area contributed by atoms with Gasteiger partial charge in [-0.05, 0) is 42.8 Å². The number of halogens is 2. The third-order valence-corrected chi connectivity index (χ3v) is 4.77. The molecule has 1 N–H and O–H groups in total. The Balaban J connectivity index is 1.95. The van der Waals surface area contributed by atoms with E-state index in [0.29, 0.717) is 10.0 Å². The molecule has 0 atom stereocenters. The van der Waals surface area contributed by atoms with Crippen LogP contribution in [0.5, 0.6) is 0 Å². The van der Waals surface area contributed by atoms with Gasteiger partial charge in [-0.1, -0.05) is 53.5 Å². The van der Waals surface area contributed by atoms with Gasteiger partial charge in [0.15, 0.2) is 0 Å². The van der Waals surface area contributed by atoms with Crippen molar-refractivity contribution in [3.63, 3.8) is 0 Å². The first-order valence-corrected chi connectivity index (χ1v) is 8.92.